The van der Waals surface area contributed by atoms with Crippen LogP contribution in [-0.4, -0.2) is 218 Å². The molecule has 2 aliphatic heterocycles. The van der Waals surface area contributed by atoms with Crippen molar-refractivity contribution in [1.82, 2.24) is 52.8 Å². The fourth-order valence-corrected chi connectivity index (χ4v) is 13.7. The second-order valence-corrected chi connectivity index (χ2v) is 29.6. The Labute approximate surface area is 607 Å². The van der Waals surface area contributed by atoms with Crippen molar-refractivity contribution < 1.29 is 67.1 Å². The molecule has 0 spiro atoms. The van der Waals surface area contributed by atoms with Crippen LogP contribution in [0, 0.1) is 11.8 Å². The van der Waals surface area contributed by atoms with Crippen LogP contribution in [0.3, 0.4) is 0 Å². The van der Waals surface area contributed by atoms with Crippen molar-refractivity contribution in [2.75, 3.05) is 130 Å². The Morgan fingerprint density at radius 1 is 0.620 bits per heavy atom. The van der Waals surface area contributed by atoms with Crippen molar-refractivity contribution in [2.24, 2.45) is 11.8 Å². The summed E-state index contributed by atoms with van der Waals surface area (Å²) in [6, 6.07) is -3.33. The minimum Gasteiger partial charge on any atom is -0.379 e. The summed E-state index contributed by atoms with van der Waals surface area (Å²) in [7, 11) is 3.03. The van der Waals surface area contributed by atoms with Gasteiger partial charge in [-0.2, -0.15) is 0 Å². The Balaban J connectivity index is 1.25. The molecule has 0 radical (unpaired) electrons. The molecule has 3 aliphatic rings. The number of aliphatic hydroxyl groups is 1. The molecule has 0 saturated carbocycles. The van der Waals surface area contributed by atoms with E-state index in [1.54, 1.807) is 0 Å². The molecule has 7 atom stereocenters. The fourth-order valence-electron chi connectivity index (χ4n) is 11.8. The van der Waals surface area contributed by atoms with E-state index in [9.17, 15) is 43.5 Å². The van der Waals surface area contributed by atoms with Gasteiger partial charge in [0, 0.05) is 82.5 Å². The molecule has 26 heteroatoms. The lowest BCUT2D eigenvalue weighted by molar-refractivity contribution is -0.133. The van der Waals surface area contributed by atoms with Gasteiger partial charge in [-0.1, -0.05) is 155 Å². The maximum absolute atomic E-state index is 14.5. The predicted octanol–water partition coefficient (Wildman–Crippen LogP) is 7.77. The largest absolute Gasteiger partial charge is 0.379 e. The number of morpholine rings is 1. The number of hydrogen-bond donors (Lipinski definition) is 10. The van der Waals surface area contributed by atoms with Crippen molar-refractivity contribution in [3.63, 3.8) is 0 Å². The van der Waals surface area contributed by atoms with Gasteiger partial charge in [0.25, 0.3) is 0 Å². The molecule has 0 aromatic carbocycles. The molecule has 2 saturated heterocycles. The minimum atomic E-state index is -1.02. The van der Waals surface area contributed by atoms with E-state index in [1.807, 2.05) is 38.2 Å². The molecule has 3 rings (SSSR count). The maximum atomic E-state index is 14.5. The van der Waals surface area contributed by atoms with Gasteiger partial charge >= 0.3 is 0 Å². The van der Waals surface area contributed by atoms with Gasteiger partial charge in [-0.05, 0) is 109 Å². The lowest BCUT2D eigenvalue weighted by Crippen LogP contribution is -2.57. The van der Waals surface area contributed by atoms with Gasteiger partial charge in [0.15, 0.2) is 0 Å². The third kappa shape index (κ3) is 49.1. The van der Waals surface area contributed by atoms with Gasteiger partial charge < -0.3 is 71.3 Å². The summed E-state index contributed by atoms with van der Waals surface area (Å²) in [6.45, 7) is 17.0. The second kappa shape index (κ2) is 60.7. The number of carbonyl (C=O) groups is 8. The van der Waals surface area contributed by atoms with Gasteiger partial charge in [0.1, 0.15) is 31.0 Å². The van der Waals surface area contributed by atoms with E-state index in [1.165, 1.54) is 111 Å². The van der Waals surface area contributed by atoms with Crippen LogP contribution < -0.4 is 47.9 Å². The van der Waals surface area contributed by atoms with Crippen molar-refractivity contribution in [3.05, 3.63) is 36.5 Å². The standard InChI is InChI=1S/C74H132N10O14S2/c1-5-60(4)71-74(93)82-64(73(92)80-62(55-61-30-21-18-22-31-61)56-68(88)81-63(33-28-42-84-43-47-96-48-44-84)72(91)79-41-54-100-99-53-36-67(87)83-71)32-25-27-38-76-69(89)57-97-51-50-95-46-40-78-70(90)58-98-52-49-94-45-39-77-66(86)35-24-19-26-37-75-65(85)34-23-17-15-13-11-9-7-6-8-10-12-14-16-20-29-59(2)3/h18,21-22,30,60-64,69,71,76,89H,2,5-17,19-20,23-29,31-58H2,1,3-4H3,(H,75,85)(H,77,86)(H,78,90)(H,79,91)(H,80,92)(H,81,88)(H,82,93)(H,83,87)/t60-,61?,62-,63-,64-,69?,71-/m0/s1. The quantitative estimate of drug-likeness (QED) is 0.0120. The summed E-state index contributed by atoms with van der Waals surface area (Å²) in [5, 5.41) is 37.3. The van der Waals surface area contributed by atoms with E-state index in [0.717, 1.165) is 58.2 Å². The SMILES string of the molecule is C=C(C)CCCCCCCCCCCCCCCCC(=O)NCCCCCC(=O)NCCOCCOCC(=O)NCCOCCOCC(O)NCCCC[C@@H]1NC(=O)[C@H]([C@@H](C)CC)NC(=O)CCSSCCNC(=O)[C@H](CCCN2CCOCC2)NC(=O)C[C@H](CC2C=CC=CC2)NC1=O. The Morgan fingerprint density at radius 3 is 1.83 bits per heavy atom. The topological polar surface area (TPSA) is 314 Å². The van der Waals surface area contributed by atoms with E-state index < -0.39 is 42.2 Å². The molecule has 0 bridgehead atoms. The van der Waals surface area contributed by atoms with Crippen LogP contribution in [0.15, 0.2) is 36.5 Å². The number of hydrogen-bond acceptors (Lipinski definition) is 18. The Kier molecular flexibility index (Phi) is 54.4. The molecule has 2 fully saturated rings. The highest BCUT2D eigenvalue weighted by Crippen LogP contribution is 2.23. The first kappa shape index (κ1) is 89.6. The van der Waals surface area contributed by atoms with E-state index >= 15 is 0 Å². The van der Waals surface area contributed by atoms with Crippen molar-refractivity contribution in [3.8, 4) is 0 Å². The molecule has 2 unspecified atom stereocenters. The third-order valence-electron chi connectivity index (χ3n) is 17.9. The van der Waals surface area contributed by atoms with Gasteiger partial charge in [0.2, 0.25) is 47.3 Å². The van der Waals surface area contributed by atoms with Crippen molar-refractivity contribution >= 4 is 68.8 Å². The maximum Gasteiger partial charge on any atom is 0.246 e. The fraction of sp³-hybridized carbons (Fsp3) is 0.811. The summed E-state index contributed by atoms with van der Waals surface area (Å²) in [5.74, 6) is -1.21. The summed E-state index contributed by atoms with van der Waals surface area (Å²) in [5.41, 5.74) is 1.30. The number of unbranched alkanes of at least 4 members (excludes halogenated alkanes) is 16. The van der Waals surface area contributed by atoms with Crippen molar-refractivity contribution in [2.45, 2.75) is 244 Å². The van der Waals surface area contributed by atoms with E-state index in [-0.39, 0.29) is 119 Å². The Bertz CT molecular complexity index is 2300. The summed E-state index contributed by atoms with van der Waals surface area (Å²) in [4.78, 5) is 109. The van der Waals surface area contributed by atoms with E-state index in [4.69, 9.17) is 23.7 Å². The second-order valence-electron chi connectivity index (χ2n) is 26.9. The average Bonchev–Trinajstić information content (AvgIpc) is 0.926. The Morgan fingerprint density at radius 2 is 1.19 bits per heavy atom. The first-order chi connectivity index (χ1) is 48.6. The smallest absolute Gasteiger partial charge is 0.246 e. The zero-order chi connectivity index (χ0) is 72.3. The first-order valence-corrected chi connectivity index (χ1v) is 40.6. The first-order valence-electron chi connectivity index (χ1n) is 38.1. The molecular formula is C74H132N10O14S2. The van der Waals surface area contributed by atoms with Gasteiger partial charge in [-0.15, -0.1) is 6.58 Å². The third-order valence-corrected chi connectivity index (χ3v) is 20.3. The zero-order valence-electron chi connectivity index (χ0n) is 61.4. The van der Waals surface area contributed by atoms with Crippen LogP contribution in [0.25, 0.3) is 0 Å². The summed E-state index contributed by atoms with van der Waals surface area (Å²) >= 11 is 0. The minimum absolute atomic E-state index is 0.0134. The van der Waals surface area contributed by atoms with Crippen LogP contribution in [-0.2, 0) is 62.0 Å². The van der Waals surface area contributed by atoms with E-state index in [0.29, 0.717) is 109 Å². The molecule has 2 heterocycles. The zero-order valence-corrected chi connectivity index (χ0v) is 63.1. The number of nitrogens with one attached hydrogen (secondary N) is 9. The average molecular weight is 1450 g/mol. The molecule has 24 nitrogen and oxygen atoms in total. The van der Waals surface area contributed by atoms with Gasteiger partial charge in [-0.25, -0.2) is 0 Å². The Hall–Kier alpha value is -4.64. The lowest BCUT2D eigenvalue weighted by Gasteiger charge is -2.29. The number of amides is 8. The van der Waals surface area contributed by atoms with Crippen LogP contribution >= 0.6 is 21.6 Å². The molecule has 8 amide bonds. The number of nitrogens with zero attached hydrogens (tertiary/aromatic N) is 1. The number of aliphatic hydroxyl groups excluding tert-OH is 1. The van der Waals surface area contributed by atoms with Crippen LogP contribution in [0.2, 0.25) is 0 Å². The van der Waals surface area contributed by atoms with Crippen LogP contribution in [0.4, 0.5) is 0 Å². The van der Waals surface area contributed by atoms with Crippen LogP contribution in [0.1, 0.15) is 213 Å². The highest BCUT2D eigenvalue weighted by molar-refractivity contribution is 8.76. The molecule has 0 aromatic heterocycles. The number of carbonyl (C=O) groups excluding carboxylic acids is 8. The predicted molar refractivity (Wildman–Crippen MR) is 399 cm³/mol. The molecule has 574 valence electrons. The van der Waals surface area contributed by atoms with Gasteiger partial charge in [0.05, 0.1) is 59.5 Å². The van der Waals surface area contributed by atoms with E-state index in [2.05, 4.69) is 66.3 Å². The van der Waals surface area contributed by atoms with Gasteiger partial charge in [-0.3, -0.25) is 48.6 Å². The monoisotopic (exact) mass is 1450 g/mol. The summed E-state index contributed by atoms with van der Waals surface area (Å²) in [6.07, 6.45) is 33.8. The highest BCUT2D eigenvalue weighted by Gasteiger charge is 2.32. The number of rotatable bonds is 53. The van der Waals surface area contributed by atoms with Crippen molar-refractivity contribution in [1.29, 1.82) is 0 Å². The normalized spacial score (nSPS) is 20.0. The highest BCUT2D eigenvalue weighted by atomic mass is 33.1. The summed E-state index contributed by atoms with van der Waals surface area (Å²) < 4.78 is 27.6. The molecular weight excluding hydrogens is 1320 g/mol. The number of allylic oxidation sites excluding steroid dienone is 5. The van der Waals surface area contributed by atoms with Crippen LogP contribution in [0.5, 0.6) is 0 Å². The molecule has 1 aliphatic carbocycles. The molecule has 100 heavy (non-hydrogen) atoms. The molecule has 10 N–H and O–H groups in total. The molecule has 0 aromatic rings. The lowest BCUT2D eigenvalue weighted by atomic mass is 9.91. The number of ether oxygens (including phenoxy) is 5.